The molecular weight excluding hydrogens is 482 g/mol. The minimum absolute atomic E-state index is 0.106. The van der Waals surface area contributed by atoms with E-state index >= 15 is 0 Å². The highest BCUT2D eigenvalue weighted by atomic mass is 35.5. The number of amidine groups is 2. The van der Waals surface area contributed by atoms with Crippen LogP contribution < -0.4 is 5.56 Å². The molecule has 0 radical (unpaired) electrons. The highest BCUT2D eigenvalue weighted by molar-refractivity contribution is 8.13. The Balaban J connectivity index is 1.32. The van der Waals surface area contributed by atoms with Crippen molar-refractivity contribution in [3.05, 3.63) is 111 Å². The monoisotopic (exact) mass is 499 g/mol. The quantitative estimate of drug-likeness (QED) is 0.414. The third-order valence-corrected chi connectivity index (χ3v) is 7.04. The standard InChI is InChI=1S/C26H18ClN5O2S/c27-17-10-11-22-28-18(13-23(33)31(22)14-17)15-35-26-30-20-9-5-4-8-19(20)24-29-21(25(34)32(24)26)12-16-6-2-1-3-7-16/h1-11,13-14,21H,12,15H2. The number of hydrogen-bond donors (Lipinski definition) is 0. The molecule has 2 aliphatic heterocycles. The first-order chi connectivity index (χ1) is 17.1. The van der Waals surface area contributed by atoms with Gasteiger partial charge in [0.05, 0.1) is 16.4 Å². The van der Waals surface area contributed by atoms with Gasteiger partial charge in [-0.25, -0.2) is 14.9 Å². The normalized spacial score (nSPS) is 16.7. The number of rotatable bonds is 4. The Kier molecular flexibility index (Phi) is 5.47. The Labute approximate surface area is 209 Å². The zero-order valence-electron chi connectivity index (χ0n) is 18.3. The van der Waals surface area contributed by atoms with E-state index in [0.29, 0.717) is 39.5 Å². The van der Waals surface area contributed by atoms with Gasteiger partial charge in [-0.3, -0.25) is 19.0 Å². The molecule has 0 fully saturated rings. The summed E-state index contributed by atoms with van der Waals surface area (Å²) in [6.45, 7) is 0. The van der Waals surface area contributed by atoms with Crippen LogP contribution in [0, 0.1) is 0 Å². The van der Waals surface area contributed by atoms with Gasteiger partial charge in [-0.2, -0.15) is 0 Å². The molecule has 0 N–H and O–H groups in total. The minimum Gasteiger partial charge on any atom is -0.271 e. The first-order valence-corrected chi connectivity index (χ1v) is 12.4. The Morgan fingerprint density at radius 3 is 2.63 bits per heavy atom. The van der Waals surface area contributed by atoms with Crippen LogP contribution in [0.25, 0.3) is 5.65 Å². The number of halogens is 1. The molecule has 35 heavy (non-hydrogen) atoms. The summed E-state index contributed by atoms with van der Waals surface area (Å²) >= 11 is 7.37. The summed E-state index contributed by atoms with van der Waals surface area (Å²) in [5, 5.41) is 0.990. The number of carbonyl (C=O) groups is 1. The SMILES string of the molecule is O=C1C(Cc2ccccc2)N=C2c3ccccc3N=C(SCc3cc(=O)n4cc(Cl)ccc4n3)N12. The Morgan fingerprint density at radius 2 is 1.77 bits per heavy atom. The van der Waals surface area contributed by atoms with Crippen molar-refractivity contribution in [3.63, 3.8) is 0 Å². The first-order valence-electron chi connectivity index (χ1n) is 11.0. The summed E-state index contributed by atoms with van der Waals surface area (Å²) in [4.78, 5) is 41.8. The second-order valence-corrected chi connectivity index (χ2v) is 9.57. The van der Waals surface area contributed by atoms with E-state index in [0.717, 1.165) is 16.8 Å². The fourth-order valence-electron chi connectivity index (χ4n) is 4.21. The van der Waals surface area contributed by atoms with Gasteiger partial charge >= 0.3 is 0 Å². The molecule has 0 saturated carbocycles. The van der Waals surface area contributed by atoms with Crippen molar-refractivity contribution < 1.29 is 4.79 Å². The molecule has 4 aromatic rings. The molecule has 9 heteroatoms. The summed E-state index contributed by atoms with van der Waals surface area (Å²) < 4.78 is 1.41. The lowest BCUT2D eigenvalue weighted by Crippen LogP contribution is -2.41. The minimum atomic E-state index is -0.516. The van der Waals surface area contributed by atoms with Crippen molar-refractivity contribution in [2.45, 2.75) is 18.2 Å². The van der Waals surface area contributed by atoms with Gasteiger partial charge in [-0.1, -0.05) is 65.8 Å². The van der Waals surface area contributed by atoms with Crippen LogP contribution in [0.1, 0.15) is 16.8 Å². The number of pyridine rings is 1. The number of amides is 1. The zero-order valence-corrected chi connectivity index (χ0v) is 19.9. The number of thioether (sulfide) groups is 1. The molecule has 0 spiro atoms. The molecule has 0 saturated heterocycles. The summed E-state index contributed by atoms with van der Waals surface area (Å²) in [7, 11) is 0. The van der Waals surface area contributed by atoms with E-state index in [1.54, 1.807) is 23.2 Å². The van der Waals surface area contributed by atoms with Gasteiger partial charge < -0.3 is 0 Å². The Hall–Kier alpha value is -3.75. The average Bonchev–Trinajstić information content (AvgIpc) is 3.20. The molecule has 2 aromatic carbocycles. The molecule has 4 heterocycles. The van der Waals surface area contributed by atoms with E-state index < -0.39 is 6.04 Å². The maximum Gasteiger partial charge on any atom is 0.259 e. The van der Waals surface area contributed by atoms with Crippen molar-refractivity contribution in [2.75, 3.05) is 0 Å². The number of aromatic nitrogens is 2. The van der Waals surface area contributed by atoms with Gasteiger partial charge in [-0.05, 0) is 29.8 Å². The van der Waals surface area contributed by atoms with Crippen LogP contribution in [-0.4, -0.2) is 37.2 Å². The number of nitrogens with zero attached hydrogens (tertiary/aromatic N) is 5. The van der Waals surface area contributed by atoms with E-state index in [9.17, 15) is 9.59 Å². The van der Waals surface area contributed by atoms with Gasteiger partial charge in [0.1, 0.15) is 17.5 Å². The van der Waals surface area contributed by atoms with E-state index in [4.69, 9.17) is 21.6 Å². The number of carbonyl (C=O) groups excluding carboxylic acids is 1. The summed E-state index contributed by atoms with van der Waals surface area (Å²) in [5.41, 5.74) is 3.53. The molecule has 0 bridgehead atoms. The fraction of sp³-hybridized carbons (Fsp3) is 0.115. The van der Waals surface area contributed by atoms with E-state index in [2.05, 4.69) is 4.98 Å². The zero-order chi connectivity index (χ0) is 23.9. The molecule has 172 valence electrons. The van der Waals surface area contributed by atoms with Gasteiger partial charge in [0.25, 0.3) is 11.5 Å². The number of benzene rings is 2. The lowest BCUT2D eigenvalue weighted by Gasteiger charge is -2.25. The largest absolute Gasteiger partial charge is 0.271 e. The van der Waals surface area contributed by atoms with Crippen molar-refractivity contribution in [1.82, 2.24) is 14.3 Å². The van der Waals surface area contributed by atoms with Crippen LogP contribution in [0.15, 0.2) is 93.8 Å². The van der Waals surface area contributed by atoms with Crippen LogP contribution in [0.5, 0.6) is 0 Å². The molecule has 1 atom stereocenters. The molecule has 1 amide bonds. The summed E-state index contributed by atoms with van der Waals surface area (Å²) in [6.07, 6.45) is 2.06. The topological polar surface area (TPSA) is 79.4 Å². The smallest absolute Gasteiger partial charge is 0.259 e. The second kappa shape index (κ2) is 8.79. The maximum absolute atomic E-state index is 13.5. The van der Waals surface area contributed by atoms with E-state index in [1.165, 1.54) is 22.2 Å². The predicted molar refractivity (Wildman–Crippen MR) is 139 cm³/mol. The van der Waals surface area contributed by atoms with Crippen molar-refractivity contribution in [3.8, 4) is 0 Å². The van der Waals surface area contributed by atoms with Crippen LogP contribution >= 0.6 is 23.4 Å². The van der Waals surface area contributed by atoms with E-state index in [1.807, 2.05) is 54.6 Å². The Bertz CT molecular complexity index is 1600. The third kappa shape index (κ3) is 4.05. The number of aliphatic imine (C=N–C) groups is 2. The van der Waals surface area contributed by atoms with Crippen molar-refractivity contribution in [2.24, 2.45) is 9.98 Å². The number of hydrogen-bond acceptors (Lipinski definition) is 6. The molecule has 2 aliphatic rings. The fourth-order valence-corrected chi connectivity index (χ4v) is 5.26. The van der Waals surface area contributed by atoms with Crippen LogP contribution in [0.4, 0.5) is 5.69 Å². The second-order valence-electron chi connectivity index (χ2n) is 8.19. The van der Waals surface area contributed by atoms with E-state index in [-0.39, 0.29) is 11.5 Å². The van der Waals surface area contributed by atoms with Gasteiger partial charge in [0, 0.05) is 30.0 Å². The molecule has 6 rings (SSSR count). The molecular formula is C26H18ClN5O2S. The number of fused-ring (bicyclic) bond motifs is 4. The van der Waals surface area contributed by atoms with Crippen molar-refractivity contribution in [1.29, 1.82) is 0 Å². The highest BCUT2D eigenvalue weighted by Gasteiger charge is 2.41. The van der Waals surface area contributed by atoms with Gasteiger partial charge in [-0.15, -0.1) is 0 Å². The Morgan fingerprint density at radius 1 is 0.971 bits per heavy atom. The van der Waals surface area contributed by atoms with Crippen LogP contribution in [0.2, 0.25) is 5.02 Å². The lowest BCUT2D eigenvalue weighted by molar-refractivity contribution is -0.124. The molecule has 1 unspecified atom stereocenters. The van der Waals surface area contributed by atoms with Gasteiger partial charge in [0.2, 0.25) is 0 Å². The van der Waals surface area contributed by atoms with Crippen LogP contribution in [-0.2, 0) is 17.0 Å². The summed E-state index contributed by atoms with van der Waals surface area (Å²) in [6, 6.07) is 21.9. The third-order valence-electron chi connectivity index (χ3n) is 5.85. The molecule has 7 nitrogen and oxygen atoms in total. The predicted octanol–water partition coefficient (Wildman–Crippen LogP) is 4.48. The highest BCUT2D eigenvalue weighted by Crippen LogP contribution is 2.34. The van der Waals surface area contributed by atoms with Crippen LogP contribution in [0.3, 0.4) is 0 Å². The first kappa shape index (κ1) is 21.8. The molecule has 2 aromatic heterocycles. The summed E-state index contributed by atoms with van der Waals surface area (Å²) in [5.74, 6) is 0.881. The van der Waals surface area contributed by atoms with Crippen molar-refractivity contribution >= 4 is 51.6 Å². The lowest BCUT2D eigenvalue weighted by atomic mass is 10.1. The maximum atomic E-state index is 13.5. The van der Waals surface area contributed by atoms with Gasteiger partial charge in [0.15, 0.2) is 5.17 Å². The number of para-hydroxylation sites is 1. The average molecular weight is 500 g/mol. The molecule has 0 aliphatic carbocycles.